The second-order valence-corrected chi connectivity index (χ2v) is 7.22. The van der Waals surface area contributed by atoms with Crippen LogP contribution in [0.25, 0.3) is 5.57 Å². The molecule has 0 aliphatic rings. The van der Waals surface area contributed by atoms with Gasteiger partial charge in [-0.15, -0.1) is 0 Å². The molecule has 7 heteroatoms. The minimum absolute atomic E-state index is 0.482. The number of sulfonamides is 1. The van der Waals surface area contributed by atoms with Gasteiger partial charge in [0.25, 0.3) is 10.0 Å². The summed E-state index contributed by atoms with van der Waals surface area (Å²) in [6.45, 7) is 1.67. The van der Waals surface area contributed by atoms with Crippen molar-refractivity contribution in [2.75, 3.05) is 5.32 Å². The number of benzene rings is 2. The van der Waals surface area contributed by atoms with Gasteiger partial charge in [-0.3, -0.25) is 0 Å². The van der Waals surface area contributed by atoms with E-state index in [0.29, 0.717) is 11.3 Å². The SMILES string of the molecule is CC(=CS(=O)(=O)NC(=O)Nc1cccc(Br)c1)c1ccccc1. The van der Waals surface area contributed by atoms with Crippen molar-refractivity contribution < 1.29 is 13.2 Å². The number of allylic oxidation sites excluding steroid dienone is 1. The summed E-state index contributed by atoms with van der Waals surface area (Å²) < 4.78 is 26.8. The molecule has 0 aliphatic carbocycles. The van der Waals surface area contributed by atoms with E-state index in [9.17, 15) is 13.2 Å². The number of halogens is 1. The molecule has 0 fully saturated rings. The number of carbonyl (C=O) groups excluding carboxylic acids is 1. The van der Waals surface area contributed by atoms with Crippen molar-refractivity contribution in [2.45, 2.75) is 6.92 Å². The summed E-state index contributed by atoms with van der Waals surface area (Å²) in [5.41, 5.74) is 1.79. The predicted octanol–water partition coefficient (Wildman–Crippen LogP) is 3.96. The molecule has 0 aliphatic heterocycles. The first-order valence-corrected chi connectivity index (χ1v) is 9.03. The Morgan fingerprint density at radius 1 is 1.09 bits per heavy atom. The Bertz CT molecular complexity index is 833. The van der Waals surface area contributed by atoms with Crippen molar-refractivity contribution in [2.24, 2.45) is 0 Å². The van der Waals surface area contributed by atoms with Crippen LogP contribution in [0.5, 0.6) is 0 Å². The van der Waals surface area contributed by atoms with Gasteiger partial charge in [0.2, 0.25) is 0 Å². The number of hydrogen-bond acceptors (Lipinski definition) is 3. The smallest absolute Gasteiger partial charge is 0.307 e. The molecule has 0 aromatic heterocycles. The lowest BCUT2D eigenvalue weighted by Crippen LogP contribution is -2.33. The lowest BCUT2D eigenvalue weighted by atomic mass is 10.1. The van der Waals surface area contributed by atoms with Gasteiger partial charge >= 0.3 is 6.03 Å². The molecule has 0 bridgehead atoms. The van der Waals surface area contributed by atoms with Crippen molar-refractivity contribution in [1.29, 1.82) is 0 Å². The summed E-state index contributed by atoms with van der Waals surface area (Å²) >= 11 is 3.27. The molecular weight excluding hydrogens is 380 g/mol. The van der Waals surface area contributed by atoms with Gasteiger partial charge in [0, 0.05) is 10.2 Å². The van der Waals surface area contributed by atoms with Crippen molar-refractivity contribution in [3.8, 4) is 0 Å². The Balaban J connectivity index is 2.07. The highest BCUT2D eigenvalue weighted by Crippen LogP contribution is 2.16. The zero-order valence-electron chi connectivity index (χ0n) is 12.3. The number of anilines is 1. The van der Waals surface area contributed by atoms with E-state index < -0.39 is 16.1 Å². The summed E-state index contributed by atoms with van der Waals surface area (Å²) in [5.74, 6) is 0. The van der Waals surface area contributed by atoms with Crippen molar-refractivity contribution in [3.05, 3.63) is 70.0 Å². The molecule has 2 amide bonds. The molecule has 2 aromatic rings. The van der Waals surface area contributed by atoms with Crippen molar-refractivity contribution in [3.63, 3.8) is 0 Å². The second-order valence-electron chi connectivity index (χ2n) is 4.78. The maximum atomic E-state index is 12.0. The topological polar surface area (TPSA) is 75.3 Å². The first-order valence-electron chi connectivity index (χ1n) is 6.69. The van der Waals surface area contributed by atoms with E-state index in [2.05, 4.69) is 21.2 Å². The zero-order chi connectivity index (χ0) is 16.9. The first-order chi connectivity index (χ1) is 10.9. The van der Waals surface area contributed by atoms with Crippen LogP contribution >= 0.6 is 15.9 Å². The van der Waals surface area contributed by atoms with Gasteiger partial charge < -0.3 is 5.32 Å². The first kappa shape index (κ1) is 17.2. The van der Waals surface area contributed by atoms with Crippen LogP contribution in [0.4, 0.5) is 10.5 Å². The van der Waals surface area contributed by atoms with E-state index in [0.717, 1.165) is 15.4 Å². The van der Waals surface area contributed by atoms with E-state index in [1.807, 2.05) is 22.9 Å². The standard InChI is InChI=1S/C16H15BrN2O3S/c1-12(13-6-3-2-4-7-13)11-23(21,22)19-16(20)18-15-9-5-8-14(17)10-15/h2-11H,1H3,(H2,18,19,20). The summed E-state index contributed by atoms with van der Waals surface area (Å²) in [5, 5.41) is 3.49. The molecule has 5 nitrogen and oxygen atoms in total. The highest BCUT2D eigenvalue weighted by atomic mass is 79.9. The summed E-state index contributed by atoms with van der Waals surface area (Å²) in [6.07, 6.45) is 0. The van der Waals surface area contributed by atoms with E-state index >= 15 is 0 Å². The van der Waals surface area contributed by atoms with E-state index in [1.165, 1.54) is 0 Å². The average molecular weight is 395 g/mol. The van der Waals surface area contributed by atoms with Gasteiger partial charge in [0.05, 0.1) is 5.41 Å². The molecule has 0 radical (unpaired) electrons. The average Bonchev–Trinajstić information content (AvgIpc) is 2.46. The molecule has 0 unspecified atom stereocenters. The van der Waals surface area contributed by atoms with E-state index in [4.69, 9.17) is 0 Å². The molecule has 0 saturated heterocycles. The number of urea groups is 1. The van der Waals surface area contributed by atoms with Crippen LogP contribution < -0.4 is 10.0 Å². The van der Waals surface area contributed by atoms with Crippen LogP contribution in [0.2, 0.25) is 0 Å². The Morgan fingerprint density at radius 2 is 1.78 bits per heavy atom. The number of amides is 2. The quantitative estimate of drug-likeness (QED) is 0.823. The van der Waals surface area contributed by atoms with E-state index in [-0.39, 0.29) is 0 Å². The second kappa shape index (κ2) is 7.43. The van der Waals surface area contributed by atoms with Crippen LogP contribution in [-0.4, -0.2) is 14.4 Å². The predicted molar refractivity (Wildman–Crippen MR) is 95.3 cm³/mol. The van der Waals surface area contributed by atoms with Gasteiger partial charge in [0.15, 0.2) is 0 Å². The number of hydrogen-bond donors (Lipinski definition) is 2. The summed E-state index contributed by atoms with van der Waals surface area (Å²) in [6, 6.07) is 15.1. The molecule has 0 atom stereocenters. The molecule has 120 valence electrons. The molecule has 2 N–H and O–H groups in total. The molecule has 0 heterocycles. The maximum Gasteiger partial charge on any atom is 0.333 e. The van der Waals surface area contributed by atoms with Crippen LogP contribution in [-0.2, 0) is 10.0 Å². The highest BCUT2D eigenvalue weighted by Gasteiger charge is 2.13. The van der Waals surface area contributed by atoms with Gasteiger partial charge in [0.1, 0.15) is 0 Å². The largest absolute Gasteiger partial charge is 0.333 e. The van der Waals surface area contributed by atoms with Gasteiger partial charge in [-0.05, 0) is 36.3 Å². The minimum Gasteiger partial charge on any atom is -0.307 e. The number of carbonyl (C=O) groups is 1. The van der Waals surface area contributed by atoms with Gasteiger partial charge in [-0.1, -0.05) is 52.3 Å². The molecule has 2 rings (SSSR count). The lowest BCUT2D eigenvalue weighted by molar-refractivity contribution is 0.256. The lowest BCUT2D eigenvalue weighted by Gasteiger charge is -2.07. The van der Waals surface area contributed by atoms with Crippen LogP contribution in [0.15, 0.2) is 64.5 Å². The molecule has 0 saturated carbocycles. The van der Waals surface area contributed by atoms with Gasteiger partial charge in [-0.2, -0.15) is 0 Å². The molecule has 0 spiro atoms. The third-order valence-corrected chi connectivity index (χ3v) is 4.51. The van der Waals surface area contributed by atoms with Crippen molar-refractivity contribution in [1.82, 2.24) is 4.72 Å². The van der Waals surface area contributed by atoms with Crippen LogP contribution in [0.1, 0.15) is 12.5 Å². The Kier molecular flexibility index (Phi) is 5.57. The Morgan fingerprint density at radius 3 is 2.43 bits per heavy atom. The normalized spacial score (nSPS) is 11.8. The maximum absolute atomic E-state index is 12.0. The van der Waals surface area contributed by atoms with E-state index in [1.54, 1.807) is 43.3 Å². The fraction of sp³-hybridized carbons (Fsp3) is 0.0625. The van der Waals surface area contributed by atoms with Crippen LogP contribution in [0, 0.1) is 0 Å². The molecular formula is C16H15BrN2O3S. The monoisotopic (exact) mass is 394 g/mol. The highest BCUT2D eigenvalue weighted by molar-refractivity contribution is 9.10. The third-order valence-electron chi connectivity index (χ3n) is 2.88. The fourth-order valence-corrected chi connectivity index (χ4v) is 3.25. The third kappa shape index (κ3) is 5.54. The van der Waals surface area contributed by atoms with Gasteiger partial charge in [-0.25, -0.2) is 17.9 Å². The summed E-state index contributed by atoms with van der Waals surface area (Å²) in [4.78, 5) is 11.8. The zero-order valence-corrected chi connectivity index (χ0v) is 14.7. The fourth-order valence-electron chi connectivity index (χ4n) is 1.88. The van der Waals surface area contributed by atoms with Crippen LogP contribution in [0.3, 0.4) is 0 Å². The molecule has 23 heavy (non-hydrogen) atoms. The minimum atomic E-state index is -3.89. The Labute approximate surface area is 143 Å². The summed E-state index contributed by atoms with van der Waals surface area (Å²) in [7, 11) is -3.89. The Hall–Kier alpha value is -2.12. The van der Waals surface area contributed by atoms with Crippen molar-refractivity contribution >= 4 is 43.2 Å². The number of rotatable bonds is 4. The molecule has 2 aromatic carbocycles. The number of nitrogens with one attached hydrogen (secondary N) is 2.